The molecule has 0 bridgehead atoms. The van der Waals surface area contributed by atoms with Crippen LogP contribution in [0.5, 0.6) is 5.75 Å². The number of rotatable bonds is 12. The highest BCUT2D eigenvalue weighted by Crippen LogP contribution is 2.18. The number of amides is 1. The standard InChI is InChI=1S/C18H24FNO6/c1-2-6-26-14-8-12(7-13(19)10-14)9-15(16(22)11-21)20-17(23)4-3-5-18(24)25/h2,7-8,10,15-16,21-22H,1,3-6,9,11H2,(H,20,23)(H,24,25). The summed E-state index contributed by atoms with van der Waals surface area (Å²) < 4.78 is 19.0. The monoisotopic (exact) mass is 369 g/mol. The summed E-state index contributed by atoms with van der Waals surface area (Å²) in [7, 11) is 0. The number of aliphatic carboxylic acids is 1. The lowest BCUT2D eigenvalue weighted by Crippen LogP contribution is -2.46. The van der Waals surface area contributed by atoms with Crippen molar-refractivity contribution < 1.29 is 34.0 Å². The Morgan fingerprint density at radius 1 is 1.31 bits per heavy atom. The van der Waals surface area contributed by atoms with Crippen LogP contribution in [0.2, 0.25) is 0 Å². The number of carbonyl (C=O) groups excluding carboxylic acids is 1. The number of ether oxygens (including phenoxy) is 1. The van der Waals surface area contributed by atoms with E-state index in [2.05, 4.69) is 11.9 Å². The predicted octanol–water partition coefficient (Wildman–Crippen LogP) is 1.03. The van der Waals surface area contributed by atoms with Gasteiger partial charge >= 0.3 is 5.97 Å². The largest absolute Gasteiger partial charge is 0.489 e. The third-order valence-electron chi connectivity index (χ3n) is 3.55. The second kappa shape index (κ2) is 11.2. The van der Waals surface area contributed by atoms with Crippen molar-refractivity contribution in [1.29, 1.82) is 0 Å². The second-order valence-electron chi connectivity index (χ2n) is 5.77. The first-order valence-corrected chi connectivity index (χ1v) is 8.19. The highest BCUT2D eigenvalue weighted by Gasteiger charge is 2.22. The first-order valence-electron chi connectivity index (χ1n) is 8.19. The summed E-state index contributed by atoms with van der Waals surface area (Å²) >= 11 is 0. The fraction of sp³-hybridized carbons (Fsp3) is 0.444. The van der Waals surface area contributed by atoms with Crippen molar-refractivity contribution in [3.05, 3.63) is 42.2 Å². The van der Waals surface area contributed by atoms with Gasteiger partial charge in [0, 0.05) is 18.9 Å². The molecule has 0 aliphatic heterocycles. The van der Waals surface area contributed by atoms with E-state index >= 15 is 0 Å². The van der Waals surface area contributed by atoms with Crippen molar-refractivity contribution in [2.45, 2.75) is 37.8 Å². The molecule has 2 unspecified atom stereocenters. The van der Waals surface area contributed by atoms with E-state index in [-0.39, 0.29) is 38.0 Å². The molecule has 0 aliphatic carbocycles. The van der Waals surface area contributed by atoms with Gasteiger partial charge in [-0.3, -0.25) is 9.59 Å². The third-order valence-corrected chi connectivity index (χ3v) is 3.55. The summed E-state index contributed by atoms with van der Waals surface area (Å²) in [5.41, 5.74) is 0.465. The lowest BCUT2D eigenvalue weighted by Gasteiger charge is -2.23. The Morgan fingerprint density at radius 2 is 2.04 bits per heavy atom. The van der Waals surface area contributed by atoms with E-state index in [9.17, 15) is 24.2 Å². The van der Waals surface area contributed by atoms with Gasteiger partial charge in [0.05, 0.1) is 18.8 Å². The van der Waals surface area contributed by atoms with E-state index in [4.69, 9.17) is 9.84 Å². The zero-order chi connectivity index (χ0) is 19.5. The molecule has 1 aromatic rings. The first-order chi connectivity index (χ1) is 12.3. The predicted molar refractivity (Wildman–Crippen MR) is 92.3 cm³/mol. The van der Waals surface area contributed by atoms with E-state index < -0.39 is 36.4 Å². The van der Waals surface area contributed by atoms with Crippen LogP contribution in [-0.2, 0) is 16.0 Å². The summed E-state index contributed by atoms with van der Waals surface area (Å²) in [5, 5.41) is 30.2. The number of nitrogens with one attached hydrogen (secondary N) is 1. The van der Waals surface area contributed by atoms with E-state index in [1.54, 1.807) is 6.07 Å². The molecule has 2 atom stereocenters. The number of hydrogen-bond acceptors (Lipinski definition) is 5. The number of carboxylic acid groups (broad SMARTS) is 1. The van der Waals surface area contributed by atoms with Gasteiger partial charge in [0.15, 0.2) is 0 Å². The van der Waals surface area contributed by atoms with Gasteiger partial charge in [-0.25, -0.2) is 4.39 Å². The number of carboxylic acids is 1. The highest BCUT2D eigenvalue weighted by molar-refractivity contribution is 5.77. The van der Waals surface area contributed by atoms with Gasteiger partial charge < -0.3 is 25.4 Å². The van der Waals surface area contributed by atoms with E-state index in [1.807, 2.05) is 0 Å². The second-order valence-corrected chi connectivity index (χ2v) is 5.77. The molecule has 0 fully saturated rings. The Bertz CT molecular complexity index is 622. The highest BCUT2D eigenvalue weighted by atomic mass is 19.1. The maximum Gasteiger partial charge on any atom is 0.303 e. The topological polar surface area (TPSA) is 116 Å². The smallest absolute Gasteiger partial charge is 0.303 e. The van der Waals surface area contributed by atoms with Crippen molar-refractivity contribution >= 4 is 11.9 Å². The molecule has 0 radical (unpaired) electrons. The van der Waals surface area contributed by atoms with Crippen molar-refractivity contribution in [1.82, 2.24) is 5.32 Å². The molecular weight excluding hydrogens is 345 g/mol. The Kier molecular flexibility index (Phi) is 9.32. The van der Waals surface area contributed by atoms with Crippen LogP contribution in [-0.4, -0.2) is 52.6 Å². The van der Waals surface area contributed by atoms with Crippen LogP contribution in [0.25, 0.3) is 0 Å². The quantitative estimate of drug-likeness (QED) is 0.409. The van der Waals surface area contributed by atoms with Gasteiger partial charge in [-0.1, -0.05) is 12.7 Å². The molecule has 144 valence electrons. The van der Waals surface area contributed by atoms with Crippen LogP contribution in [0.1, 0.15) is 24.8 Å². The minimum atomic E-state index is -1.25. The lowest BCUT2D eigenvalue weighted by atomic mass is 10.0. The van der Waals surface area contributed by atoms with Crippen LogP contribution in [0.15, 0.2) is 30.9 Å². The van der Waals surface area contributed by atoms with Crippen LogP contribution in [0.3, 0.4) is 0 Å². The molecule has 1 aromatic carbocycles. The number of aliphatic hydroxyl groups is 2. The molecule has 26 heavy (non-hydrogen) atoms. The van der Waals surface area contributed by atoms with E-state index in [0.29, 0.717) is 5.56 Å². The molecule has 0 saturated carbocycles. The van der Waals surface area contributed by atoms with Gasteiger partial charge in [0.1, 0.15) is 18.2 Å². The van der Waals surface area contributed by atoms with Crippen LogP contribution in [0.4, 0.5) is 4.39 Å². The number of benzene rings is 1. The van der Waals surface area contributed by atoms with Gasteiger partial charge in [-0.2, -0.15) is 0 Å². The summed E-state index contributed by atoms with van der Waals surface area (Å²) in [4.78, 5) is 22.4. The zero-order valence-corrected chi connectivity index (χ0v) is 14.4. The average molecular weight is 369 g/mol. The van der Waals surface area contributed by atoms with Gasteiger partial charge in [0.2, 0.25) is 5.91 Å². The molecule has 1 amide bonds. The minimum absolute atomic E-state index is 0.0300. The molecule has 4 N–H and O–H groups in total. The van der Waals surface area contributed by atoms with E-state index in [0.717, 1.165) is 0 Å². The fourth-order valence-electron chi connectivity index (χ4n) is 2.32. The maximum atomic E-state index is 13.7. The normalized spacial score (nSPS) is 12.9. The molecule has 7 nitrogen and oxygen atoms in total. The zero-order valence-electron chi connectivity index (χ0n) is 14.4. The average Bonchev–Trinajstić information content (AvgIpc) is 2.57. The van der Waals surface area contributed by atoms with Crippen molar-refractivity contribution in [2.24, 2.45) is 0 Å². The molecule has 8 heteroatoms. The molecule has 0 spiro atoms. The Hall–Kier alpha value is -2.45. The molecule has 1 rings (SSSR count). The molecule has 0 aliphatic rings. The molecule has 0 saturated heterocycles. The van der Waals surface area contributed by atoms with Crippen molar-refractivity contribution in [3.63, 3.8) is 0 Å². The van der Waals surface area contributed by atoms with Crippen LogP contribution in [0, 0.1) is 5.82 Å². The maximum absolute atomic E-state index is 13.7. The number of halogens is 1. The summed E-state index contributed by atoms with van der Waals surface area (Å²) in [6, 6.07) is 3.16. The number of carbonyl (C=O) groups is 2. The van der Waals surface area contributed by atoms with Crippen molar-refractivity contribution in [2.75, 3.05) is 13.2 Å². The summed E-state index contributed by atoms with van der Waals surface area (Å²) in [6.07, 6.45) is 0.309. The Balaban J connectivity index is 2.77. The Morgan fingerprint density at radius 3 is 2.65 bits per heavy atom. The summed E-state index contributed by atoms with van der Waals surface area (Å²) in [6.45, 7) is 3.12. The van der Waals surface area contributed by atoms with Gasteiger partial charge in [-0.15, -0.1) is 0 Å². The van der Waals surface area contributed by atoms with Crippen LogP contribution >= 0.6 is 0 Å². The number of hydrogen-bond donors (Lipinski definition) is 4. The molecular formula is C18H24FNO6. The fourth-order valence-corrected chi connectivity index (χ4v) is 2.32. The van der Waals surface area contributed by atoms with Crippen LogP contribution < -0.4 is 10.1 Å². The third kappa shape index (κ3) is 8.09. The van der Waals surface area contributed by atoms with Gasteiger partial charge in [-0.05, 0) is 30.5 Å². The molecule has 0 heterocycles. The summed E-state index contributed by atoms with van der Waals surface area (Å²) in [5.74, 6) is -1.71. The SMILES string of the molecule is C=CCOc1cc(F)cc(CC(NC(=O)CCCC(=O)O)C(O)CO)c1. The molecule has 0 aromatic heterocycles. The minimum Gasteiger partial charge on any atom is -0.489 e. The van der Waals surface area contributed by atoms with Gasteiger partial charge in [0.25, 0.3) is 0 Å². The van der Waals surface area contributed by atoms with Crippen molar-refractivity contribution in [3.8, 4) is 5.75 Å². The number of aliphatic hydroxyl groups excluding tert-OH is 2. The first kappa shape index (κ1) is 21.6. The van der Waals surface area contributed by atoms with E-state index in [1.165, 1.54) is 18.2 Å². The lowest BCUT2D eigenvalue weighted by molar-refractivity contribution is -0.137. The Labute approximate surface area is 151 Å².